The predicted molar refractivity (Wildman–Crippen MR) is 79.9 cm³/mol. The van der Waals surface area contributed by atoms with Gasteiger partial charge in [-0.15, -0.1) is 0 Å². The number of nitrogens with zero attached hydrogens (tertiary/aromatic N) is 1. The zero-order valence-electron chi connectivity index (χ0n) is 12.6. The SMILES string of the molecule is CC1CCC(CO)(CN(C)Cc2cccc(F)c2)CC1. The lowest BCUT2D eigenvalue weighted by molar-refractivity contribution is 0.0346. The molecule has 0 aromatic heterocycles. The minimum absolute atomic E-state index is 0.0363. The normalized spacial score (nSPS) is 26.9. The average molecular weight is 279 g/mol. The van der Waals surface area contributed by atoms with Gasteiger partial charge >= 0.3 is 0 Å². The van der Waals surface area contributed by atoms with Crippen molar-refractivity contribution in [2.24, 2.45) is 11.3 Å². The van der Waals surface area contributed by atoms with Crippen LogP contribution in [0.4, 0.5) is 4.39 Å². The molecule has 0 radical (unpaired) electrons. The lowest BCUT2D eigenvalue weighted by Gasteiger charge is -2.40. The van der Waals surface area contributed by atoms with E-state index in [0.29, 0.717) is 0 Å². The van der Waals surface area contributed by atoms with Crippen molar-refractivity contribution in [3.8, 4) is 0 Å². The van der Waals surface area contributed by atoms with Gasteiger partial charge in [-0.3, -0.25) is 0 Å². The number of benzene rings is 1. The molecule has 3 heteroatoms. The van der Waals surface area contributed by atoms with Gasteiger partial charge < -0.3 is 10.0 Å². The minimum Gasteiger partial charge on any atom is -0.396 e. The molecule has 0 atom stereocenters. The number of hydrogen-bond donors (Lipinski definition) is 1. The largest absolute Gasteiger partial charge is 0.396 e. The fourth-order valence-electron chi connectivity index (χ4n) is 3.32. The Morgan fingerprint density at radius 1 is 1.35 bits per heavy atom. The Hall–Kier alpha value is -0.930. The summed E-state index contributed by atoms with van der Waals surface area (Å²) in [6.45, 7) is 4.16. The summed E-state index contributed by atoms with van der Waals surface area (Å²) < 4.78 is 13.2. The molecular formula is C17H26FNO. The highest BCUT2D eigenvalue weighted by atomic mass is 19.1. The van der Waals surface area contributed by atoms with E-state index in [2.05, 4.69) is 18.9 Å². The molecule has 0 aliphatic heterocycles. The first-order chi connectivity index (χ1) is 9.53. The van der Waals surface area contributed by atoms with Gasteiger partial charge in [-0.25, -0.2) is 4.39 Å². The maximum absolute atomic E-state index is 13.2. The van der Waals surface area contributed by atoms with Crippen LogP contribution >= 0.6 is 0 Å². The van der Waals surface area contributed by atoms with Crippen molar-refractivity contribution < 1.29 is 9.50 Å². The highest BCUT2D eigenvalue weighted by Gasteiger charge is 2.34. The first-order valence-electron chi connectivity index (χ1n) is 7.57. The quantitative estimate of drug-likeness (QED) is 0.892. The molecule has 0 spiro atoms. The Labute approximate surface area is 121 Å². The number of hydrogen-bond acceptors (Lipinski definition) is 2. The van der Waals surface area contributed by atoms with Crippen molar-refractivity contribution in [1.82, 2.24) is 4.90 Å². The van der Waals surface area contributed by atoms with E-state index in [1.165, 1.54) is 18.9 Å². The van der Waals surface area contributed by atoms with Crippen LogP contribution in [-0.4, -0.2) is 30.2 Å². The van der Waals surface area contributed by atoms with Gasteiger partial charge in [0, 0.05) is 25.1 Å². The van der Waals surface area contributed by atoms with E-state index >= 15 is 0 Å². The van der Waals surface area contributed by atoms with Gasteiger partial charge in [0.2, 0.25) is 0 Å². The van der Waals surface area contributed by atoms with Crippen LogP contribution in [0.3, 0.4) is 0 Å². The van der Waals surface area contributed by atoms with Gasteiger partial charge in [-0.1, -0.05) is 31.9 Å². The molecule has 1 aromatic rings. The Morgan fingerprint density at radius 3 is 2.65 bits per heavy atom. The van der Waals surface area contributed by atoms with Crippen LogP contribution in [0.5, 0.6) is 0 Å². The van der Waals surface area contributed by atoms with Crippen LogP contribution in [0.15, 0.2) is 24.3 Å². The van der Waals surface area contributed by atoms with Crippen molar-refractivity contribution >= 4 is 0 Å². The van der Waals surface area contributed by atoms with Crippen molar-refractivity contribution in [2.45, 2.75) is 39.2 Å². The third-order valence-electron chi connectivity index (χ3n) is 4.62. The second-order valence-electron chi connectivity index (χ2n) is 6.64. The first-order valence-corrected chi connectivity index (χ1v) is 7.57. The van der Waals surface area contributed by atoms with Crippen LogP contribution in [0, 0.1) is 17.2 Å². The Kier molecular flexibility index (Phi) is 5.17. The van der Waals surface area contributed by atoms with E-state index < -0.39 is 0 Å². The third-order valence-corrected chi connectivity index (χ3v) is 4.62. The molecule has 20 heavy (non-hydrogen) atoms. The van der Waals surface area contributed by atoms with E-state index in [0.717, 1.165) is 37.4 Å². The zero-order valence-corrected chi connectivity index (χ0v) is 12.6. The highest BCUT2D eigenvalue weighted by Crippen LogP contribution is 2.39. The van der Waals surface area contributed by atoms with Crippen molar-refractivity contribution in [3.05, 3.63) is 35.6 Å². The molecule has 1 aliphatic rings. The second-order valence-corrected chi connectivity index (χ2v) is 6.64. The van der Waals surface area contributed by atoms with Gasteiger partial charge in [-0.2, -0.15) is 0 Å². The standard InChI is InChI=1S/C17H26FNO/c1-14-6-8-17(13-20,9-7-14)12-19(2)11-15-4-3-5-16(18)10-15/h3-5,10,14,20H,6-9,11-13H2,1-2H3. The summed E-state index contributed by atoms with van der Waals surface area (Å²) in [5, 5.41) is 9.80. The van der Waals surface area contributed by atoms with E-state index in [1.54, 1.807) is 12.1 Å². The molecule has 1 N–H and O–H groups in total. The van der Waals surface area contributed by atoms with Crippen LogP contribution < -0.4 is 0 Å². The molecule has 2 rings (SSSR count). The van der Waals surface area contributed by atoms with Gasteiger partial charge in [0.05, 0.1) is 0 Å². The van der Waals surface area contributed by atoms with Crippen LogP contribution in [0.1, 0.15) is 38.2 Å². The van der Waals surface area contributed by atoms with Crippen molar-refractivity contribution in [2.75, 3.05) is 20.2 Å². The van der Waals surface area contributed by atoms with Crippen LogP contribution in [-0.2, 0) is 6.54 Å². The minimum atomic E-state index is -0.181. The fourth-order valence-corrected chi connectivity index (χ4v) is 3.32. The van der Waals surface area contributed by atoms with E-state index in [-0.39, 0.29) is 17.8 Å². The van der Waals surface area contributed by atoms with Gasteiger partial charge in [0.25, 0.3) is 0 Å². The molecule has 1 aliphatic carbocycles. The molecule has 0 heterocycles. The summed E-state index contributed by atoms with van der Waals surface area (Å²) in [4.78, 5) is 2.21. The molecule has 1 aromatic carbocycles. The van der Waals surface area contributed by atoms with Crippen molar-refractivity contribution in [3.63, 3.8) is 0 Å². The average Bonchev–Trinajstić information content (AvgIpc) is 2.41. The summed E-state index contributed by atoms with van der Waals surface area (Å²) in [7, 11) is 2.06. The summed E-state index contributed by atoms with van der Waals surface area (Å²) in [5.74, 6) is 0.600. The summed E-state index contributed by atoms with van der Waals surface area (Å²) >= 11 is 0. The van der Waals surface area contributed by atoms with Crippen molar-refractivity contribution in [1.29, 1.82) is 0 Å². The van der Waals surface area contributed by atoms with Crippen LogP contribution in [0.2, 0.25) is 0 Å². The Balaban J connectivity index is 1.94. The summed E-state index contributed by atoms with van der Waals surface area (Å²) in [6, 6.07) is 6.77. The Morgan fingerprint density at radius 2 is 2.05 bits per heavy atom. The second kappa shape index (κ2) is 6.68. The molecule has 1 saturated carbocycles. The molecule has 0 unspecified atom stereocenters. The molecule has 112 valence electrons. The number of halogens is 1. The molecule has 0 saturated heterocycles. The molecule has 0 amide bonds. The van der Waals surface area contributed by atoms with E-state index in [4.69, 9.17) is 0 Å². The zero-order chi connectivity index (χ0) is 14.6. The highest BCUT2D eigenvalue weighted by molar-refractivity contribution is 5.16. The topological polar surface area (TPSA) is 23.5 Å². The fraction of sp³-hybridized carbons (Fsp3) is 0.647. The maximum atomic E-state index is 13.2. The predicted octanol–water partition coefficient (Wildman–Crippen LogP) is 3.45. The lowest BCUT2D eigenvalue weighted by Crippen LogP contribution is -2.40. The Bertz CT molecular complexity index is 427. The van der Waals surface area contributed by atoms with Gasteiger partial charge in [-0.05, 0) is 43.5 Å². The van der Waals surface area contributed by atoms with E-state index in [1.807, 2.05) is 6.07 Å². The lowest BCUT2D eigenvalue weighted by atomic mass is 9.71. The third kappa shape index (κ3) is 4.03. The first kappa shape index (κ1) is 15.5. The monoisotopic (exact) mass is 279 g/mol. The van der Waals surface area contributed by atoms with E-state index in [9.17, 15) is 9.50 Å². The van der Waals surface area contributed by atoms with Gasteiger partial charge in [0.1, 0.15) is 5.82 Å². The molecule has 2 nitrogen and oxygen atoms in total. The number of aliphatic hydroxyl groups excluding tert-OH is 1. The summed E-state index contributed by atoms with van der Waals surface area (Å²) in [6.07, 6.45) is 4.60. The van der Waals surface area contributed by atoms with Crippen LogP contribution in [0.25, 0.3) is 0 Å². The maximum Gasteiger partial charge on any atom is 0.123 e. The molecular weight excluding hydrogens is 253 g/mol. The molecule has 0 bridgehead atoms. The summed E-state index contributed by atoms with van der Waals surface area (Å²) in [5.41, 5.74) is 1.03. The smallest absolute Gasteiger partial charge is 0.123 e. The number of aliphatic hydroxyl groups is 1. The van der Waals surface area contributed by atoms with Gasteiger partial charge in [0.15, 0.2) is 0 Å². The molecule has 1 fully saturated rings. The number of rotatable bonds is 5.